The van der Waals surface area contributed by atoms with Crippen molar-refractivity contribution < 1.29 is 9.90 Å². The van der Waals surface area contributed by atoms with E-state index in [-0.39, 0.29) is 0 Å². The molecule has 1 unspecified atom stereocenters. The second kappa shape index (κ2) is 14.1. The number of hydrogen-bond donors (Lipinski definition) is 1. The molecule has 1 rings (SSSR count). The zero-order valence-electron chi connectivity index (χ0n) is 15.8. The first-order chi connectivity index (χ1) is 12.1. The number of rotatable bonds is 16. The zero-order valence-corrected chi connectivity index (χ0v) is 16.7. The zero-order chi connectivity index (χ0) is 18.3. The number of unbranched alkanes of at least 4 members (excludes halogenated alkanes) is 11. The van der Waals surface area contributed by atoms with Gasteiger partial charge < -0.3 is 5.11 Å². The van der Waals surface area contributed by atoms with Crippen LogP contribution < -0.4 is 0 Å². The average molecular weight is 366 g/mol. The van der Waals surface area contributed by atoms with Gasteiger partial charge in [0.25, 0.3) is 0 Å². The lowest BCUT2D eigenvalue weighted by atomic mass is 9.97. The van der Waals surface area contributed by atoms with E-state index in [0.717, 1.165) is 30.0 Å². The number of carboxylic acids is 1. The topological polar surface area (TPSA) is 50.2 Å². The summed E-state index contributed by atoms with van der Waals surface area (Å²) in [4.78, 5) is 15.8. The van der Waals surface area contributed by atoms with Crippen LogP contribution in [-0.2, 0) is 4.79 Å². The van der Waals surface area contributed by atoms with Crippen LogP contribution in [0.1, 0.15) is 100 Å². The molecule has 0 fully saturated rings. The average Bonchev–Trinajstić information content (AvgIpc) is 3.01. The largest absolute Gasteiger partial charge is 0.481 e. The van der Waals surface area contributed by atoms with E-state index in [9.17, 15) is 9.90 Å². The fourth-order valence-corrected chi connectivity index (χ4v) is 3.83. The minimum Gasteiger partial charge on any atom is -0.481 e. The minimum absolute atomic E-state index is 0.425. The first-order valence-electron chi connectivity index (χ1n) is 9.91. The molecule has 1 N–H and O–H groups in total. The van der Waals surface area contributed by atoms with Gasteiger partial charge in [0, 0.05) is 5.38 Å². The molecule has 0 spiro atoms. The molecule has 0 radical (unpaired) electrons. The number of carboxylic acid groups (broad SMARTS) is 1. The highest BCUT2D eigenvalue weighted by molar-refractivity contribution is 7.09. The van der Waals surface area contributed by atoms with Gasteiger partial charge in [-0.3, -0.25) is 4.79 Å². The summed E-state index contributed by atoms with van der Waals surface area (Å²) in [6, 6.07) is 0. The molecule has 0 amide bonds. The summed E-state index contributed by atoms with van der Waals surface area (Å²) < 4.78 is 0. The highest BCUT2D eigenvalue weighted by Gasteiger charge is 2.21. The molecule has 0 bridgehead atoms. The molecule has 1 aromatic rings. The van der Waals surface area contributed by atoms with Crippen molar-refractivity contribution in [2.45, 2.75) is 96.3 Å². The molecule has 142 valence electrons. The Labute approximate surface area is 157 Å². The normalized spacial score (nSPS) is 12.2. The SMILES string of the molecule is C=CCCCCCCCCCCCCCC(C(=O)O)c1csc(C)n1. The second-order valence-electron chi connectivity index (χ2n) is 6.94. The Morgan fingerprint density at radius 1 is 1.08 bits per heavy atom. The Bertz CT molecular complexity index is 484. The third kappa shape index (κ3) is 10.4. The second-order valence-corrected chi connectivity index (χ2v) is 8.00. The van der Waals surface area contributed by atoms with Gasteiger partial charge in [-0.1, -0.05) is 70.3 Å². The van der Waals surface area contributed by atoms with Crippen LogP contribution in [-0.4, -0.2) is 16.1 Å². The van der Waals surface area contributed by atoms with Gasteiger partial charge in [0.15, 0.2) is 0 Å². The summed E-state index contributed by atoms with van der Waals surface area (Å²) in [5.74, 6) is -1.16. The summed E-state index contributed by atoms with van der Waals surface area (Å²) in [6.45, 7) is 5.68. The Morgan fingerprint density at radius 2 is 1.60 bits per heavy atom. The van der Waals surface area contributed by atoms with E-state index < -0.39 is 11.9 Å². The van der Waals surface area contributed by atoms with Crippen molar-refractivity contribution in [3.05, 3.63) is 28.7 Å². The van der Waals surface area contributed by atoms with Gasteiger partial charge in [0.1, 0.15) is 0 Å². The van der Waals surface area contributed by atoms with E-state index >= 15 is 0 Å². The van der Waals surface area contributed by atoms with Crippen molar-refractivity contribution in [1.82, 2.24) is 4.98 Å². The van der Waals surface area contributed by atoms with Crippen LogP contribution in [0.25, 0.3) is 0 Å². The fourth-order valence-electron chi connectivity index (χ4n) is 3.17. The maximum atomic E-state index is 11.4. The first kappa shape index (κ1) is 21.9. The van der Waals surface area contributed by atoms with Crippen molar-refractivity contribution in [1.29, 1.82) is 0 Å². The molecule has 0 aliphatic heterocycles. The molecule has 1 aromatic heterocycles. The van der Waals surface area contributed by atoms with Crippen LogP contribution in [0.4, 0.5) is 0 Å². The molecule has 1 atom stereocenters. The van der Waals surface area contributed by atoms with Crippen molar-refractivity contribution in [2.24, 2.45) is 0 Å². The van der Waals surface area contributed by atoms with E-state index in [2.05, 4.69) is 11.6 Å². The first-order valence-corrected chi connectivity index (χ1v) is 10.8. The highest BCUT2D eigenvalue weighted by atomic mass is 32.1. The van der Waals surface area contributed by atoms with Crippen molar-refractivity contribution in [2.75, 3.05) is 0 Å². The lowest BCUT2D eigenvalue weighted by molar-refractivity contribution is -0.139. The molecule has 0 aromatic carbocycles. The maximum Gasteiger partial charge on any atom is 0.312 e. The quantitative estimate of drug-likeness (QED) is 0.257. The summed E-state index contributed by atoms with van der Waals surface area (Å²) in [7, 11) is 0. The van der Waals surface area contributed by atoms with Crippen LogP contribution in [0.15, 0.2) is 18.0 Å². The van der Waals surface area contributed by atoms with Gasteiger partial charge in [-0.05, 0) is 26.2 Å². The third-order valence-corrected chi connectivity index (χ3v) is 5.48. The molecule has 4 heteroatoms. The van der Waals surface area contributed by atoms with Gasteiger partial charge in [-0.15, -0.1) is 17.9 Å². The molecular weight excluding hydrogens is 330 g/mol. The predicted molar refractivity (Wildman–Crippen MR) is 107 cm³/mol. The number of carbonyl (C=O) groups is 1. The Kier molecular flexibility index (Phi) is 12.3. The monoisotopic (exact) mass is 365 g/mol. The number of aromatic nitrogens is 1. The lowest BCUT2D eigenvalue weighted by Gasteiger charge is -2.09. The lowest BCUT2D eigenvalue weighted by Crippen LogP contribution is -2.12. The standard InChI is InChI=1S/C21H35NO2S/c1-3-4-5-6-7-8-9-10-11-12-13-14-15-16-19(21(23)24)20-17-25-18(2)22-20/h3,17,19H,1,4-16H2,2H3,(H,23,24). The summed E-state index contributed by atoms with van der Waals surface area (Å²) in [5, 5.41) is 12.2. The van der Waals surface area contributed by atoms with Crippen LogP contribution >= 0.6 is 11.3 Å². The van der Waals surface area contributed by atoms with E-state index in [1.807, 2.05) is 18.4 Å². The molecule has 25 heavy (non-hydrogen) atoms. The van der Waals surface area contributed by atoms with E-state index in [1.54, 1.807) is 0 Å². The molecule has 1 heterocycles. The van der Waals surface area contributed by atoms with Crippen molar-refractivity contribution in [3.63, 3.8) is 0 Å². The molecule has 0 saturated carbocycles. The Hall–Kier alpha value is -1.16. The van der Waals surface area contributed by atoms with Crippen molar-refractivity contribution in [3.8, 4) is 0 Å². The summed E-state index contributed by atoms with van der Waals surface area (Å²) >= 11 is 1.53. The minimum atomic E-state index is -0.738. The number of aliphatic carboxylic acids is 1. The van der Waals surface area contributed by atoms with Crippen LogP contribution in [0.3, 0.4) is 0 Å². The number of hydrogen-bond acceptors (Lipinski definition) is 3. The molecule has 0 saturated heterocycles. The third-order valence-electron chi connectivity index (χ3n) is 4.69. The van der Waals surface area contributed by atoms with Crippen LogP contribution in [0.2, 0.25) is 0 Å². The maximum absolute atomic E-state index is 11.4. The van der Waals surface area contributed by atoms with Crippen LogP contribution in [0.5, 0.6) is 0 Å². The predicted octanol–water partition coefficient (Wildman–Crippen LogP) is 6.88. The van der Waals surface area contributed by atoms with Crippen molar-refractivity contribution >= 4 is 17.3 Å². The number of nitrogens with zero attached hydrogens (tertiary/aromatic N) is 1. The molecule has 0 aliphatic carbocycles. The number of aryl methyl sites for hydroxylation is 1. The number of allylic oxidation sites excluding steroid dienone is 1. The van der Waals surface area contributed by atoms with Gasteiger partial charge in [0.2, 0.25) is 0 Å². The van der Waals surface area contributed by atoms with Crippen LogP contribution in [0, 0.1) is 6.92 Å². The van der Waals surface area contributed by atoms with Gasteiger partial charge in [-0.2, -0.15) is 0 Å². The smallest absolute Gasteiger partial charge is 0.312 e. The highest BCUT2D eigenvalue weighted by Crippen LogP contribution is 2.24. The van der Waals surface area contributed by atoms with E-state index in [1.165, 1.54) is 69.1 Å². The molecular formula is C21H35NO2S. The Balaban J connectivity index is 1.97. The fraction of sp³-hybridized carbons (Fsp3) is 0.714. The van der Waals surface area contributed by atoms with E-state index in [0.29, 0.717) is 6.42 Å². The Morgan fingerprint density at radius 3 is 2.04 bits per heavy atom. The van der Waals surface area contributed by atoms with Gasteiger partial charge in [0.05, 0.1) is 16.6 Å². The number of thiazole rings is 1. The van der Waals surface area contributed by atoms with Gasteiger partial charge in [-0.25, -0.2) is 4.98 Å². The van der Waals surface area contributed by atoms with Gasteiger partial charge >= 0.3 is 5.97 Å². The molecule has 3 nitrogen and oxygen atoms in total. The molecule has 0 aliphatic rings. The summed E-state index contributed by atoms with van der Waals surface area (Å²) in [6.07, 6.45) is 17.9. The van der Waals surface area contributed by atoms with E-state index in [4.69, 9.17) is 0 Å². The summed E-state index contributed by atoms with van der Waals surface area (Å²) in [5.41, 5.74) is 0.739.